The van der Waals surface area contributed by atoms with E-state index in [-0.39, 0.29) is 12.1 Å². The summed E-state index contributed by atoms with van der Waals surface area (Å²) in [5.74, 6) is 1.30. The summed E-state index contributed by atoms with van der Waals surface area (Å²) in [5.41, 5.74) is 0. The molecule has 2 heterocycles. The fourth-order valence-electron chi connectivity index (χ4n) is 2.33. The van der Waals surface area contributed by atoms with E-state index in [0.29, 0.717) is 11.7 Å². The first-order chi connectivity index (χ1) is 9.24. The Kier molecular flexibility index (Phi) is 5.30. The van der Waals surface area contributed by atoms with E-state index in [9.17, 15) is 0 Å². The molecule has 6 heteroatoms. The molecule has 1 aliphatic rings. The summed E-state index contributed by atoms with van der Waals surface area (Å²) in [5, 5.41) is 7.32. The molecule has 0 aromatic carbocycles. The van der Waals surface area contributed by atoms with Crippen molar-refractivity contribution in [1.29, 1.82) is 0 Å². The van der Waals surface area contributed by atoms with Crippen LogP contribution in [0.3, 0.4) is 0 Å². The fourth-order valence-corrected chi connectivity index (χ4v) is 2.33. The van der Waals surface area contributed by atoms with E-state index in [4.69, 9.17) is 9.26 Å². The van der Waals surface area contributed by atoms with E-state index in [2.05, 4.69) is 34.2 Å². The lowest BCUT2D eigenvalue weighted by atomic mass is 10.2. The molecule has 1 N–H and O–H groups in total. The van der Waals surface area contributed by atoms with Crippen molar-refractivity contribution >= 4 is 0 Å². The minimum absolute atomic E-state index is 0.0633. The van der Waals surface area contributed by atoms with Gasteiger partial charge in [0.05, 0.1) is 12.6 Å². The van der Waals surface area contributed by atoms with Crippen molar-refractivity contribution in [3.63, 3.8) is 0 Å². The smallest absolute Gasteiger partial charge is 0.243 e. The molecule has 108 valence electrons. The molecule has 0 spiro atoms. The summed E-state index contributed by atoms with van der Waals surface area (Å²) in [6, 6.07) is 0.0848. The topological polar surface area (TPSA) is 63.4 Å². The molecule has 0 bridgehead atoms. The van der Waals surface area contributed by atoms with Gasteiger partial charge in [0.15, 0.2) is 0 Å². The predicted molar refractivity (Wildman–Crippen MR) is 71.8 cm³/mol. The normalized spacial score (nSPS) is 22.6. The van der Waals surface area contributed by atoms with Crippen LogP contribution in [0.2, 0.25) is 0 Å². The van der Waals surface area contributed by atoms with Crippen LogP contribution < -0.4 is 5.32 Å². The van der Waals surface area contributed by atoms with Gasteiger partial charge in [0, 0.05) is 13.1 Å². The second kappa shape index (κ2) is 6.98. The Labute approximate surface area is 114 Å². The SMILES string of the molecule is CCCN1CCOC(c2noc(C(C)NCC)n2)C1. The number of nitrogens with zero attached hydrogens (tertiary/aromatic N) is 3. The molecule has 1 fully saturated rings. The summed E-state index contributed by atoms with van der Waals surface area (Å²) in [6.45, 7) is 10.8. The molecular formula is C13H24N4O2. The largest absolute Gasteiger partial charge is 0.367 e. The number of ether oxygens (including phenoxy) is 1. The molecule has 6 nitrogen and oxygen atoms in total. The highest BCUT2D eigenvalue weighted by Crippen LogP contribution is 2.21. The lowest BCUT2D eigenvalue weighted by Gasteiger charge is -2.30. The first-order valence-electron chi connectivity index (χ1n) is 7.15. The highest BCUT2D eigenvalue weighted by molar-refractivity contribution is 4.96. The molecule has 0 saturated carbocycles. The molecule has 0 amide bonds. The van der Waals surface area contributed by atoms with Crippen molar-refractivity contribution in [3.8, 4) is 0 Å². The Morgan fingerprint density at radius 3 is 3.05 bits per heavy atom. The van der Waals surface area contributed by atoms with Gasteiger partial charge in [-0.15, -0.1) is 0 Å². The van der Waals surface area contributed by atoms with Crippen LogP contribution in [0.25, 0.3) is 0 Å². The van der Waals surface area contributed by atoms with E-state index >= 15 is 0 Å². The van der Waals surface area contributed by atoms with Crippen LogP contribution in [0.4, 0.5) is 0 Å². The lowest BCUT2D eigenvalue weighted by molar-refractivity contribution is -0.0350. The standard InChI is InChI=1S/C13H24N4O2/c1-4-6-17-7-8-18-11(9-17)12-15-13(19-16-12)10(3)14-5-2/h10-11,14H,4-9H2,1-3H3. The minimum atomic E-state index is -0.0633. The Bertz CT molecular complexity index is 380. The monoisotopic (exact) mass is 268 g/mol. The average molecular weight is 268 g/mol. The molecule has 1 saturated heterocycles. The third-order valence-electron chi connectivity index (χ3n) is 3.32. The third kappa shape index (κ3) is 3.75. The van der Waals surface area contributed by atoms with Gasteiger partial charge in [-0.3, -0.25) is 4.90 Å². The maximum atomic E-state index is 5.75. The van der Waals surface area contributed by atoms with Crippen LogP contribution in [0.15, 0.2) is 4.52 Å². The summed E-state index contributed by atoms with van der Waals surface area (Å²) in [7, 11) is 0. The molecule has 1 aliphatic heterocycles. The second-order valence-electron chi connectivity index (χ2n) is 4.93. The first kappa shape index (κ1) is 14.4. The number of hydrogen-bond donors (Lipinski definition) is 1. The number of morpholine rings is 1. The van der Waals surface area contributed by atoms with Gasteiger partial charge in [-0.05, 0) is 26.4 Å². The van der Waals surface area contributed by atoms with Crippen molar-refractivity contribution in [2.75, 3.05) is 32.8 Å². The van der Waals surface area contributed by atoms with Crippen LogP contribution in [0.5, 0.6) is 0 Å². The second-order valence-corrected chi connectivity index (χ2v) is 4.93. The molecule has 2 rings (SSSR count). The number of aromatic nitrogens is 2. The fraction of sp³-hybridized carbons (Fsp3) is 0.846. The van der Waals surface area contributed by atoms with Crippen LogP contribution in [-0.4, -0.2) is 47.8 Å². The summed E-state index contributed by atoms with van der Waals surface area (Å²) < 4.78 is 11.1. The molecular weight excluding hydrogens is 244 g/mol. The first-order valence-corrected chi connectivity index (χ1v) is 7.15. The summed E-state index contributed by atoms with van der Waals surface area (Å²) >= 11 is 0. The molecule has 0 radical (unpaired) electrons. The van der Waals surface area contributed by atoms with Gasteiger partial charge in [0.25, 0.3) is 0 Å². The quantitative estimate of drug-likeness (QED) is 0.844. The molecule has 1 aromatic rings. The Morgan fingerprint density at radius 2 is 2.32 bits per heavy atom. The maximum absolute atomic E-state index is 5.75. The van der Waals surface area contributed by atoms with Crippen LogP contribution in [0.1, 0.15) is 51.1 Å². The Morgan fingerprint density at radius 1 is 1.47 bits per heavy atom. The van der Waals surface area contributed by atoms with Crippen molar-refractivity contribution in [3.05, 3.63) is 11.7 Å². The van der Waals surface area contributed by atoms with Crippen molar-refractivity contribution in [2.24, 2.45) is 0 Å². The number of hydrogen-bond acceptors (Lipinski definition) is 6. The highest BCUT2D eigenvalue weighted by atomic mass is 16.5. The van der Waals surface area contributed by atoms with Crippen molar-refractivity contribution in [2.45, 2.75) is 39.3 Å². The van der Waals surface area contributed by atoms with E-state index in [1.165, 1.54) is 0 Å². The summed E-state index contributed by atoms with van der Waals surface area (Å²) in [4.78, 5) is 6.84. The van der Waals surface area contributed by atoms with Crippen LogP contribution >= 0.6 is 0 Å². The van der Waals surface area contributed by atoms with Gasteiger partial charge in [0.1, 0.15) is 6.10 Å². The molecule has 1 aromatic heterocycles. The third-order valence-corrected chi connectivity index (χ3v) is 3.32. The Balaban J connectivity index is 1.97. The molecule has 19 heavy (non-hydrogen) atoms. The van der Waals surface area contributed by atoms with Crippen molar-refractivity contribution < 1.29 is 9.26 Å². The van der Waals surface area contributed by atoms with E-state index in [1.807, 2.05) is 6.92 Å². The summed E-state index contributed by atoms with van der Waals surface area (Å²) in [6.07, 6.45) is 1.09. The van der Waals surface area contributed by atoms with Gasteiger partial charge in [-0.1, -0.05) is 19.0 Å². The lowest BCUT2D eigenvalue weighted by Crippen LogP contribution is -2.39. The van der Waals surface area contributed by atoms with Gasteiger partial charge < -0.3 is 14.6 Å². The van der Waals surface area contributed by atoms with Crippen molar-refractivity contribution in [1.82, 2.24) is 20.4 Å². The van der Waals surface area contributed by atoms with E-state index < -0.39 is 0 Å². The number of rotatable bonds is 6. The van der Waals surface area contributed by atoms with Crippen LogP contribution in [-0.2, 0) is 4.74 Å². The number of nitrogens with one attached hydrogen (secondary N) is 1. The minimum Gasteiger partial charge on any atom is -0.367 e. The highest BCUT2D eigenvalue weighted by Gasteiger charge is 2.26. The van der Waals surface area contributed by atoms with Crippen LogP contribution in [0, 0.1) is 0 Å². The van der Waals surface area contributed by atoms with Gasteiger partial charge in [-0.25, -0.2) is 0 Å². The molecule has 2 atom stereocenters. The molecule has 0 aliphatic carbocycles. The van der Waals surface area contributed by atoms with Gasteiger partial charge >= 0.3 is 0 Å². The average Bonchev–Trinajstić information content (AvgIpc) is 2.89. The van der Waals surface area contributed by atoms with E-state index in [1.54, 1.807) is 0 Å². The maximum Gasteiger partial charge on any atom is 0.243 e. The van der Waals surface area contributed by atoms with E-state index in [0.717, 1.165) is 39.2 Å². The van der Waals surface area contributed by atoms with Gasteiger partial charge in [0.2, 0.25) is 11.7 Å². The van der Waals surface area contributed by atoms with Gasteiger partial charge in [-0.2, -0.15) is 4.98 Å². The zero-order chi connectivity index (χ0) is 13.7. The Hall–Kier alpha value is -0.980. The zero-order valence-corrected chi connectivity index (χ0v) is 12.1. The zero-order valence-electron chi connectivity index (χ0n) is 12.1. The predicted octanol–water partition coefficient (Wildman–Crippen LogP) is 1.52. The molecule has 2 unspecified atom stereocenters.